The van der Waals surface area contributed by atoms with E-state index in [-0.39, 0.29) is 36.8 Å². The van der Waals surface area contributed by atoms with E-state index in [1.54, 1.807) is 6.20 Å². The van der Waals surface area contributed by atoms with Gasteiger partial charge >= 0.3 is 0 Å². The maximum Gasteiger partial charge on any atom is 0.220 e. The van der Waals surface area contributed by atoms with E-state index in [1.165, 1.54) is 12.8 Å². The molecule has 1 fully saturated rings. The van der Waals surface area contributed by atoms with Gasteiger partial charge in [0.25, 0.3) is 0 Å². The van der Waals surface area contributed by atoms with Crippen LogP contribution in [0.25, 0.3) is 11.3 Å². The van der Waals surface area contributed by atoms with Crippen molar-refractivity contribution < 1.29 is 9.21 Å². The lowest BCUT2D eigenvalue weighted by Crippen LogP contribution is -2.41. The van der Waals surface area contributed by atoms with Crippen LogP contribution < -0.4 is 11.1 Å². The highest BCUT2D eigenvalue weighted by atomic mass is 35.5. The quantitative estimate of drug-likeness (QED) is 0.783. The molecule has 1 heterocycles. The topological polar surface area (TPSA) is 81.1 Å². The normalized spacial score (nSPS) is 14.2. The molecule has 2 aromatic rings. The molecule has 1 aromatic carbocycles. The van der Waals surface area contributed by atoms with E-state index in [1.807, 2.05) is 30.3 Å². The number of rotatable bonds is 7. The Morgan fingerprint density at radius 2 is 2.00 bits per heavy atom. The molecule has 1 unspecified atom stereocenters. The van der Waals surface area contributed by atoms with Crippen LogP contribution >= 0.6 is 24.8 Å². The Hall–Kier alpha value is -1.56. The zero-order valence-electron chi connectivity index (χ0n) is 13.3. The van der Waals surface area contributed by atoms with E-state index in [0.717, 1.165) is 11.3 Å². The number of nitrogens with two attached hydrogens (primary N) is 1. The molecule has 1 amide bonds. The summed E-state index contributed by atoms with van der Waals surface area (Å²) in [6.45, 7) is 0.508. The number of carbonyl (C=O) groups is 1. The van der Waals surface area contributed by atoms with Gasteiger partial charge in [0.05, 0.1) is 6.20 Å². The van der Waals surface area contributed by atoms with Crippen molar-refractivity contribution in [3.05, 3.63) is 42.4 Å². The first kappa shape index (κ1) is 20.5. The van der Waals surface area contributed by atoms with Gasteiger partial charge in [-0.2, -0.15) is 0 Å². The first-order valence-corrected chi connectivity index (χ1v) is 7.76. The zero-order chi connectivity index (χ0) is 15.4. The molecule has 0 bridgehead atoms. The molecule has 1 aliphatic rings. The number of nitrogens with zero attached hydrogens (tertiary/aromatic N) is 1. The Labute approximate surface area is 154 Å². The zero-order valence-corrected chi connectivity index (χ0v) is 14.9. The number of aryl methyl sites for hydroxylation is 1. The summed E-state index contributed by atoms with van der Waals surface area (Å²) >= 11 is 0. The van der Waals surface area contributed by atoms with Gasteiger partial charge in [0, 0.05) is 31.0 Å². The number of benzene rings is 1. The van der Waals surface area contributed by atoms with Crippen molar-refractivity contribution in [1.82, 2.24) is 10.3 Å². The predicted octanol–water partition coefficient (Wildman–Crippen LogP) is 2.97. The molecular weight excluding hydrogens is 349 g/mol. The SMILES string of the molecule is Cl.Cl.NCC(NC(=O)CCc1ncc(-c2ccccc2)o1)C1CC1. The van der Waals surface area contributed by atoms with Crippen molar-refractivity contribution in [2.45, 2.75) is 31.7 Å². The van der Waals surface area contributed by atoms with Gasteiger partial charge in [-0.1, -0.05) is 30.3 Å². The van der Waals surface area contributed by atoms with Crippen LogP contribution in [0.4, 0.5) is 0 Å². The van der Waals surface area contributed by atoms with E-state index in [9.17, 15) is 4.79 Å². The first-order valence-electron chi connectivity index (χ1n) is 7.76. The molecular formula is C17H23Cl2N3O2. The highest BCUT2D eigenvalue weighted by molar-refractivity contribution is 5.85. The number of halogens is 2. The van der Waals surface area contributed by atoms with Gasteiger partial charge in [-0.3, -0.25) is 4.79 Å². The Kier molecular flexibility index (Phi) is 8.25. The van der Waals surface area contributed by atoms with Crippen molar-refractivity contribution >= 4 is 30.7 Å². The second-order valence-corrected chi connectivity index (χ2v) is 5.73. The molecule has 3 rings (SSSR count). The minimum atomic E-state index is 0. The Morgan fingerprint density at radius 3 is 2.62 bits per heavy atom. The van der Waals surface area contributed by atoms with E-state index in [0.29, 0.717) is 31.2 Å². The Morgan fingerprint density at radius 1 is 1.29 bits per heavy atom. The highest BCUT2D eigenvalue weighted by Crippen LogP contribution is 2.32. The molecule has 0 aliphatic heterocycles. The van der Waals surface area contributed by atoms with Gasteiger partial charge in [0.2, 0.25) is 5.91 Å². The molecule has 1 aromatic heterocycles. The average Bonchev–Trinajstić information content (AvgIpc) is 3.29. The standard InChI is InChI=1S/C17H21N3O2.2ClH/c18-10-14(12-6-7-12)20-16(21)8-9-17-19-11-15(22-17)13-4-2-1-3-5-13;;/h1-5,11-12,14H,6-10,18H2,(H,20,21);2*1H. The second-order valence-electron chi connectivity index (χ2n) is 5.73. The van der Waals surface area contributed by atoms with E-state index in [4.69, 9.17) is 10.2 Å². The molecule has 132 valence electrons. The number of amides is 1. The average molecular weight is 372 g/mol. The summed E-state index contributed by atoms with van der Waals surface area (Å²) in [5, 5.41) is 3.00. The van der Waals surface area contributed by atoms with Crippen molar-refractivity contribution in [1.29, 1.82) is 0 Å². The summed E-state index contributed by atoms with van der Waals surface area (Å²) < 4.78 is 5.70. The van der Waals surface area contributed by atoms with Gasteiger partial charge in [0.15, 0.2) is 11.7 Å². The number of nitrogens with one attached hydrogen (secondary N) is 1. The summed E-state index contributed by atoms with van der Waals surface area (Å²) in [6.07, 6.45) is 4.92. The summed E-state index contributed by atoms with van der Waals surface area (Å²) in [4.78, 5) is 16.2. The summed E-state index contributed by atoms with van der Waals surface area (Å²) in [6, 6.07) is 9.93. The van der Waals surface area contributed by atoms with E-state index < -0.39 is 0 Å². The highest BCUT2D eigenvalue weighted by Gasteiger charge is 2.31. The maximum atomic E-state index is 12.0. The van der Waals surface area contributed by atoms with Gasteiger partial charge in [-0.05, 0) is 18.8 Å². The van der Waals surface area contributed by atoms with Crippen LogP contribution in [0.3, 0.4) is 0 Å². The third-order valence-electron chi connectivity index (χ3n) is 3.97. The molecule has 1 aliphatic carbocycles. The lowest BCUT2D eigenvalue weighted by Gasteiger charge is -2.15. The number of aromatic nitrogens is 1. The minimum Gasteiger partial charge on any atom is -0.441 e. The monoisotopic (exact) mass is 371 g/mol. The van der Waals surface area contributed by atoms with Crippen LogP contribution in [0.2, 0.25) is 0 Å². The van der Waals surface area contributed by atoms with Gasteiger partial charge in [0.1, 0.15) is 0 Å². The maximum absolute atomic E-state index is 12.0. The third-order valence-corrected chi connectivity index (χ3v) is 3.97. The predicted molar refractivity (Wildman–Crippen MR) is 98.5 cm³/mol. The van der Waals surface area contributed by atoms with Gasteiger partial charge in [-0.25, -0.2) is 4.98 Å². The Balaban J connectivity index is 0.00000144. The van der Waals surface area contributed by atoms with Crippen molar-refractivity contribution in [2.75, 3.05) is 6.54 Å². The van der Waals surface area contributed by atoms with Crippen LogP contribution in [0.15, 0.2) is 40.9 Å². The number of carbonyl (C=O) groups excluding carboxylic acids is 1. The summed E-state index contributed by atoms with van der Waals surface area (Å²) in [7, 11) is 0. The molecule has 0 radical (unpaired) electrons. The molecule has 3 N–H and O–H groups in total. The molecule has 0 spiro atoms. The number of oxazole rings is 1. The fourth-order valence-electron chi connectivity index (χ4n) is 2.53. The number of hydrogen-bond acceptors (Lipinski definition) is 4. The lowest BCUT2D eigenvalue weighted by molar-refractivity contribution is -0.121. The van der Waals surface area contributed by atoms with E-state index >= 15 is 0 Å². The van der Waals surface area contributed by atoms with Gasteiger partial charge < -0.3 is 15.5 Å². The van der Waals surface area contributed by atoms with Crippen molar-refractivity contribution in [2.24, 2.45) is 11.7 Å². The molecule has 1 atom stereocenters. The molecule has 0 saturated heterocycles. The minimum absolute atomic E-state index is 0. The smallest absolute Gasteiger partial charge is 0.220 e. The largest absolute Gasteiger partial charge is 0.441 e. The molecule has 1 saturated carbocycles. The lowest BCUT2D eigenvalue weighted by atomic mass is 10.1. The fourth-order valence-corrected chi connectivity index (χ4v) is 2.53. The third kappa shape index (κ3) is 5.51. The van der Waals surface area contributed by atoms with Crippen LogP contribution in [-0.4, -0.2) is 23.5 Å². The van der Waals surface area contributed by atoms with Crippen molar-refractivity contribution in [3.63, 3.8) is 0 Å². The first-order chi connectivity index (χ1) is 10.8. The van der Waals surface area contributed by atoms with E-state index in [2.05, 4.69) is 10.3 Å². The van der Waals surface area contributed by atoms with Crippen molar-refractivity contribution in [3.8, 4) is 11.3 Å². The van der Waals surface area contributed by atoms with Crippen LogP contribution in [-0.2, 0) is 11.2 Å². The number of hydrogen-bond donors (Lipinski definition) is 2. The molecule has 7 heteroatoms. The fraction of sp³-hybridized carbons (Fsp3) is 0.412. The van der Waals surface area contributed by atoms with Crippen LogP contribution in [0.1, 0.15) is 25.2 Å². The summed E-state index contributed by atoms with van der Waals surface area (Å²) in [5.41, 5.74) is 6.68. The molecule has 5 nitrogen and oxygen atoms in total. The summed E-state index contributed by atoms with van der Waals surface area (Å²) in [5.74, 6) is 1.90. The van der Waals surface area contributed by atoms with Gasteiger partial charge in [-0.15, -0.1) is 24.8 Å². The van der Waals surface area contributed by atoms with Crippen LogP contribution in [0, 0.1) is 5.92 Å². The molecule has 24 heavy (non-hydrogen) atoms. The second kappa shape index (κ2) is 9.67. The van der Waals surface area contributed by atoms with Crippen LogP contribution in [0.5, 0.6) is 0 Å². The Bertz CT molecular complexity index is 630.